The molecule has 0 saturated carbocycles. The van der Waals surface area contributed by atoms with Crippen LogP contribution >= 0.6 is 27.3 Å². The fourth-order valence-electron chi connectivity index (χ4n) is 1.26. The number of rotatable bonds is 4. The summed E-state index contributed by atoms with van der Waals surface area (Å²) in [4.78, 5) is 32.4. The van der Waals surface area contributed by atoms with E-state index in [-0.39, 0.29) is 16.5 Å². The van der Waals surface area contributed by atoms with Crippen molar-refractivity contribution in [1.29, 1.82) is 0 Å². The van der Waals surface area contributed by atoms with Crippen molar-refractivity contribution in [2.45, 2.75) is 52.7 Å². The number of thiazole rings is 1. The number of nitrogens with one attached hydrogen (secondary N) is 1. The molecule has 0 spiro atoms. The summed E-state index contributed by atoms with van der Waals surface area (Å²) in [5.74, 6) is -1.30. The van der Waals surface area contributed by atoms with E-state index >= 15 is 0 Å². The average Bonchev–Trinajstić information content (AvgIpc) is 2.65. The number of aromatic nitrogens is 1. The van der Waals surface area contributed by atoms with Gasteiger partial charge in [0.05, 0.1) is 0 Å². The molecule has 2 N–H and O–H groups in total. The van der Waals surface area contributed by atoms with Gasteiger partial charge in [-0.3, -0.25) is 5.32 Å². The number of hydrogen-bond acceptors (Lipinski definition) is 7. The average molecular weight is 422 g/mol. The quantitative estimate of drug-likeness (QED) is 0.563. The lowest BCUT2D eigenvalue weighted by atomic mass is 10.2. The SMILES string of the molecule is CC(C)(C)O/N=C(\C(=O)O)c1nc(NC(=O)OC(C)(C)C)sc1Br. The summed E-state index contributed by atoms with van der Waals surface area (Å²) in [5.41, 5.74) is -1.62. The molecule has 0 saturated heterocycles. The Morgan fingerprint density at radius 2 is 1.79 bits per heavy atom. The highest BCUT2D eigenvalue weighted by Gasteiger charge is 2.25. The number of oxime groups is 1. The summed E-state index contributed by atoms with van der Waals surface area (Å²) in [6.45, 7) is 10.4. The van der Waals surface area contributed by atoms with Crippen molar-refractivity contribution in [1.82, 2.24) is 4.98 Å². The molecule has 1 amide bonds. The summed E-state index contributed by atoms with van der Waals surface area (Å²) in [7, 11) is 0. The molecule has 24 heavy (non-hydrogen) atoms. The molecule has 0 aliphatic rings. The smallest absolute Gasteiger partial charge is 0.413 e. The molecule has 1 rings (SSSR count). The van der Waals surface area contributed by atoms with Crippen molar-refractivity contribution in [3.8, 4) is 0 Å². The van der Waals surface area contributed by atoms with Crippen molar-refractivity contribution in [2.24, 2.45) is 5.16 Å². The normalized spacial score (nSPS) is 12.7. The van der Waals surface area contributed by atoms with Crippen LogP contribution in [0.5, 0.6) is 0 Å². The third-order valence-corrected chi connectivity index (χ3v) is 3.65. The molecule has 0 aliphatic heterocycles. The standard InChI is InChI=1S/C14H20BrN3O5S/c1-13(2,3)22-12(21)17-11-16-7(9(15)24-11)8(10(19)20)18-23-14(4,5)6/h1-6H3,(H,19,20)(H,16,17,21)/b18-8-. The molecular weight excluding hydrogens is 402 g/mol. The molecule has 0 bridgehead atoms. The minimum absolute atomic E-state index is 0.0582. The van der Waals surface area contributed by atoms with Gasteiger partial charge in [-0.2, -0.15) is 0 Å². The van der Waals surface area contributed by atoms with Crippen LogP contribution in [0, 0.1) is 0 Å². The molecule has 0 fully saturated rings. The number of carboxylic acids is 1. The topological polar surface area (TPSA) is 110 Å². The molecule has 0 radical (unpaired) electrons. The Kier molecular flexibility index (Phi) is 6.34. The lowest BCUT2D eigenvalue weighted by Gasteiger charge is -2.18. The van der Waals surface area contributed by atoms with Gasteiger partial charge < -0.3 is 14.7 Å². The number of carboxylic acid groups (broad SMARTS) is 1. The van der Waals surface area contributed by atoms with Crippen LogP contribution in [0.25, 0.3) is 0 Å². The van der Waals surface area contributed by atoms with Gasteiger partial charge in [-0.15, -0.1) is 0 Å². The Morgan fingerprint density at radius 1 is 1.21 bits per heavy atom. The molecule has 134 valence electrons. The van der Waals surface area contributed by atoms with Gasteiger partial charge in [0.1, 0.15) is 20.7 Å². The summed E-state index contributed by atoms with van der Waals surface area (Å²) >= 11 is 4.26. The maximum atomic E-state index is 11.8. The third kappa shape index (κ3) is 6.83. The molecule has 1 heterocycles. The van der Waals surface area contributed by atoms with Gasteiger partial charge in [-0.05, 0) is 57.5 Å². The number of anilines is 1. The molecule has 8 nitrogen and oxygen atoms in total. The first kappa shape index (κ1) is 20.4. The second-order valence-corrected chi connectivity index (χ2v) is 9.03. The van der Waals surface area contributed by atoms with E-state index in [2.05, 4.69) is 31.4 Å². The lowest BCUT2D eigenvalue weighted by Crippen LogP contribution is -2.27. The zero-order chi connectivity index (χ0) is 18.7. The molecule has 1 aromatic heterocycles. The van der Waals surface area contributed by atoms with E-state index < -0.39 is 23.3 Å². The largest absolute Gasteiger partial charge is 0.476 e. The summed E-state index contributed by atoms with van der Waals surface area (Å²) < 4.78 is 5.52. The highest BCUT2D eigenvalue weighted by atomic mass is 79.9. The van der Waals surface area contributed by atoms with E-state index in [4.69, 9.17) is 9.57 Å². The molecule has 0 unspecified atom stereocenters. The van der Waals surface area contributed by atoms with Crippen LogP contribution in [-0.2, 0) is 14.4 Å². The summed E-state index contributed by atoms with van der Waals surface area (Å²) in [6.07, 6.45) is -0.685. The fourth-order valence-corrected chi connectivity index (χ4v) is 2.67. The number of hydrogen-bond donors (Lipinski definition) is 2. The van der Waals surface area contributed by atoms with Gasteiger partial charge in [0.25, 0.3) is 0 Å². The van der Waals surface area contributed by atoms with Crippen LogP contribution in [-0.4, -0.2) is 39.1 Å². The Hall–Kier alpha value is -1.68. The lowest BCUT2D eigenvalue weighted by molar-refractivity contribution is -0.129. The molecule has 0 aromatic carbocycles. The minimum Gasteiger partial charge on any atom is -0.476 e. The summed E-state index contributed by atoms with van der Waals surface area (Å²) in [6, 6.07) is 0. The number of aliphatic carboxylic acids is 1. The van der Waals surface area contributed by atoms with Crippen molar-refractivity contribution in [3.05, 3.63) is 9.48 Å². The van der Waals surface area contributed by atoms with Crippen molar-refractivity contribution >= 4 is 50.2 Å². The number of halogens is 1. The van der Waals surface area contributed by atoms with Crippen LogP contribution in [0.2, 0.25) is 0 Å². The predicted octanol–water partition coefficient (Wildman–Crippen LogP) is 3.86. The van der Waals surface area contributed by atoms with E-state index in [0.29, 0.717) is 3.79 Å². The van der Waals surface area contributed by atoms with Crippen LogP contribution in [0.3, 0.4) is 0 Å². The zero-order valence-electron chi connectivity index (χ0n) is 14.3. The van der Waals surface area contributed by atoms with Crippen molar-refractivity contribution in [2.75, 3.05) is 5.32 Å². The van der Waals surface area contributed by atoms with Gasteiger partial charge in [0, 0.05) is 0 Å². The maximum absolute atomic E-state index is 11.8. The monoisotopic (exact) mass is 421 g/mol. The van der Waals surface area contributed by atoms with Crippen LogP contribution in [0.4, 0.5) is 9.93 Å². The Balaban J connectivity index is 3.02. The first-order chi connectivity index (χ1) is 10.8. The van der Waals surface area contributed by atoms with Gasteiger partial charge >= 0.3 is 12.1 Å². The van der Waals surface area contributed by atoms with Crippen LogP contribution in [0.15, 0.2) is 8.94 Å². The fraction of sp³-hybridized carbons (Fsp3) is 0.571. The van der Waals surface area contributed by atoms with Crippen molar-refractivity contribution < 1.29 is 24.3 Å². The number of amides is 1. The maximum Gasteiger partial charge on any atom is 0.413 e. The first-order valence-electron chi connectivity index (χ1n) is 6.94. The van der Waals surface area contributed by atoms with E-state index in [9.17, 15) is 14.7 Å². The zero-order valence-corrected chi connectivity index (χ0v) is 16.7. The predicted molar refractivity (Wildman–Crippen MR) is 94.7 cm³/mol. The Bertz CT molecular complexity index is 658. The van der Waals surface area contributed by atoms with Crippen LogP contribution < -0.4 is 5.32 Å². The van der Waals surface area contributed by atoms with Gasteiger partial charge in [-0.1, -0.05) is 16.5 Å². The Morgan fingerprint density at radius 3 is 2.25 bits per heavy atom. The van der Waals surface area contributed by atoms with Crippen molar-refractivity contribution in [3.63, 3.8) is 0 Å². The van der Waals surface area contributed by atoms with Gasteiger partial charge in [0.2, 0.25) is 5.71 Å². The Labute approximate surface area is 152 Å². The molecule has 0 aliphatic carbocycles. The minimum atomic E-state index is -1.30. The first-order valence-corrected chi connectivity index (χ1v) is 8.55. The van der Waals surface area contributed by atoms with E-state index in [0.717, 1.165) is 11.3 Å². The molecule has 10 heteroatoms. The number of carbonyl (C=O) groups excluding carboxylic acids is 1. The highest BCUT2D eigenvalue weighted by Crippen LogP contribution is 2.29. The molecule has 1 aromatic rings. The van der Waals surface area contributed by atoms with E-state index in [1.54, 1.807) is 41.5 Å². The van der Waals surface area contributed by atoms with Crippen LogP contribution in [0.1, 0.15) is 47.2 Å². The highest BCUT2D eigenvalue weighted by molar-refractivity contribution is 9.11. The third-order valence-electron chi connectivity index (χ3n) is 2.03. The second-order valence-electron chi connectivity index (χ2n) is 6.72. The number of nitrogens with zero attached hydrogens (tertiary/aromatic N) is 2. The van der Waals surface area contributed by atoms with Gasteiger partial charge in [0.15, 0.2) is 5.13 Å². The van der Waals surface area contributed by atoms with E-state index in [1.807, 2.05) is 0 Å². The van der Waals surface area contributed by atoms with E-state index in [1.165, 1.54) is 0 Å². The number of carbonyl (C=O) groups is 2. The molecule has 0 atom stereocenters. The van der Waals surface area contributed by atoms with Gasteiger partial charge in [-0.25, -0.2) is 14.6 Å². The molecular formula is C14H20BrN3O5S. The number of ether oxygens (including phenoxy) is 1. The summed E-state index contributed by atoms with van der Waals surface area (Å²) in [5, 5.41) is 15.6. The second kappa shape index (κ2) is 7.47.